The van der Waals surface area contributed by atoms with Crippen molar-refractivity contribution in [2.24, 2.45) is 5.73 Å². The molecule has 0 spiro atoms. The van der Waals surface area contributed by atoms with Gasteiger partial charge in [0, 0.05) is 46.6 Å². The number of amides is 2. The van der Waals surface area contributed by atoms with Crippen LogP contribution in [-0.4, -0.2) is 48.1 Å². The molecule has 10 nitrogen and oxygen atoms in total. The number of benzene rings is 2. The highest BCUT2D eigenvalue weighted by molar-refractivity contribution is 7.13. The van der Waals surface area contributed by atoms with E-state index in [1.807, 2.05) is 18.4 Å². The number of aromatic hydroxyl groups is 1. The first-order valence-electron chi connectivity index (χ1n) is 13.4. The van der Waals surface area contributed by atoms with Crippen molar-refractivity contribution < 1.29 is 29.0 Å². The highest BCUT2D eigenvalue weighted by Gasteiger charge is 2.27. The zero-order valence-electron chi connectivity index (χ0n) is 23.2. The third-order valence-electron chi connectivity index (χ3n) is 6.86. The van der Waals surface area contributed by atoms with E-state index in [0.717, 1.165) is 22.4 Å². The second-order valence-electron chi connectivity index (χ2n) is 9.62. The number of carbonyl (C=O) groups excluding carboxylic acids is 3. The van der Waals surface area contributed by atoms with Crippen molar-refractivity contribution in [3.05, 3.63) is 82.0 Å². The number of carbonyl (C=O) groups is 3. The predicted molar refractivity (Wildman–Crippen MR) is 160 cm³/mol. The number of pyridine rings is 1. The highest BCUT2D eigenvalue weighted by Crippen LogP contribution is 2.43. The topological polar surface area (TPSA) is 153 Å². The first-order valence-corrected chi connectivity index (χ1v) is 14.3. The molecule has 42 heavy (non-hydrogen) atoms. The Hall–Kier alpha value is -4.74. The Morgan fingerprint density at radius 3 is 2.64 bits per heavy atom. The lowest BCUT2D eigenvalue weighted by Gasteiger charge is -2.18. The van der Waals surface area contributed by atoms with Gasteiger partial charge in [0.05, 0.1) is 19.4 Å². The Kier molecular flexibility index (Phi) is 8.51. The van der Waals surface area contributed by atoms with Crippen LogP contribution in [0.3, 0.4) is 0 Å². The lowest BCUT2D eigenvalue weighted by Crippen LogP contribution is -2.26. The molecule has 5 rings (SSSR count). The molecule has 0 bridgehead atoms. The van der Waals surface area contributed by atoms with Crippen LogP contribution < -0.4 is 21.1 Å². The molecule has 11 heteroatoms. The first-order chi connectivity index (χ1) is 20.3. The van der Waals surface area contributed by atoms with E-state index >= 15 is 0 Å². The van der Waals surface area contributed by atoms with Gasteiger partial charge in [-0.05, 0) is 65.4 Å². The fourth-order valence-corrected chi connectivity index (χ4v) is 5.69. The monoisotopic (exact) mass is 586 g/mol. The van der Waals surface area contributed by atoms with Crippen molar-refractivity contribution in [2.45, 2.75) is 26.3 Å². The van der Waals surface area contributed by atoms with E-state index < -0.39 is 17.8 Å². The molecular formula is C31H30N4O6S. The molecule has 4 aromatic rings. The number of anilines is 1. The molecule has 5 N–H and O–H groups in total. The molecule has 0 atom stereocenters. The highest BCUT2D eigenvalue weighted by atomic mass is 32.1. The van der Waals surface area contributed by atoms with E-state index in [0.29, 0.717) is 36.4 Å². The van der Waals surface area contributed by atoms with Crippen LogP contribution in [0.1, 0.15) is 55.8 Å². The van der Waals surface area contributed by atoms with E-state index in [2.05, 4.69) is 15.6 Å². The zero-order chi connectivity index (χ0) is 29.8. The summed E-state index contributed by atoms with van der Waals surface area (Å²) in [6.45, 7) is 3.04. The number of rotatable bonds is 8. The van der Waals surface area contributed by atoms with Gasteiger partial charge >= 0.3 is 5.97 Å². The van der Waals surface area contributed by atoms with E-state index in [-0.39, 0.29) is 40.5 Å². The number of phenols is 1. The van der Waals surface area contributed by atoms with Crippen molar-refractivity contribution in [2.75, 3.05) is 25.6 Å². The van der Waals surface area contributed by atoms with E-state index in [4.69, 9.17) is 15.2 Å². The minimum atomic E-state index is -0.770. The predicted octanol–water partition coefficient (Wildman–Crippen LogP) is 4.76. The van der Waals surface area contributed by atoms with Crippen molar-refractivity contribution in [1.82, 2.24) is 10.3 Å². The molecule has 0 unspecified atom stereocenters. The maximum absolute atomic E-state index is 13.9. The smallest absolute Gasteiger partial charge is 0.357 e. The molecule has 0 radical (unpaired) electrons. The van der Waals surface area contributed by atoms with Crippen molar-refractivity contribution in [3.63, 3.8) is 0 Å². The molecule has 3 heterocycles. The van der Waals surface area contributed by atoms with E-state index in [1.54, 1.807) is 41.7 Å². The molecule has 1 aliphatic rings. The average molecular weight is 587 g/mol. The van der Waals surface area contributed by atoms with Gasteiger partial charge in [-0.25, -0.2) is 9.78 Å². The number of hydrogen-bond donors (Lipinski definition) is 4. The number of nitrogens with two attached hydrogens (primary N) is 1. The second-order valence-corrected chi connectivity index (χ2v) is 10.5. The summed E-state index contributed by atoms with van der Waals surface area (Å²) >= 11 is 1.54. The summed E-state index contributed by atoms with van der Waals surface area (Å²) in [5.41, 5.74) is 9.16. The SMILES string of the molecule is CCCNC(=O)c1ccc(-c2cc3c(cc2C(=O)Nc2ccc(CN)cc2O)-c2sccc2CCO3)c(C(=O)OC)n1. The van der Waals surface area contributed by atoms with Crippen LogP contribution in [0.15, 0.2) is 53.9 Å². The third-order valence-corrected chi connectivity index (χ3v) is 7.85. The van der Waals surface area contributed by atoms with Gasteiger partial charge in [0.25, 0.3) is 11.8 Å². The number of fused-ring (bicyclic) bond motifs is 3. The Labute approximate surface area is 246 Å². The lowest BCUT2D eigenvalue weighted by molar-refractivity contribution is 0.0594. The second kappa shape index (κ2) is 12.4. The van der Waals surface area contributed by atoms with Gasteiger partial charge in [-0.3, -0.25) is 9.59 Å². The number of ether oxygens (including phenoxy) is 2. The van der Waals surface area contributed by atoms with E-state index in [1.165, 1.54) is 19.2 Å². The van der Waals surface area contributed by atoms with Crippen LogP contribution >= 0.6 is 11.3 Å². The number of aromatic nitrogens is 1. The van der Waals surface area contributed by atoms with Gasteiger partial charge < -0.3 is 30.9 Å². The molecule has 1 aliphatic heterocycles. The zero-order valence-corrected chi connectivity index (χ0v) is 24.0. The number of thiophene rings is 1. The van der Waals surface area contributed by atoms with Crippen LogP contribution in [0.5, 0.6) is 11.5 Å². The largest absolute Gasteiger partial charge is 0.506 e. The van der Waals surface area contributed by atoms with Gasteiger partial charge in [0.15, 0.2) is 5.69 Å². The standard InChI is InChI=1S/C31H30N4O6S/c1-3-10-33-30(38)24-7-5-19(27(34-24)31(39)40-2)20-15-26-22(28-18(8-11-41-26)9-12-42-28)14-21(20)29(37)35-23-6-4-17(16-32)13-25(23)36/h4-7,9,12-15,36H,3,8,10-11,16,32H2,1-2H3,(H,33,38)(H,35,37). The minimum absolute atomic E-state index is 0.0396. The number of esters is 1. The maximum atomic E-state index is 13.9. The molecule has 2 aromatic carbocycles. The number of phenolic OH excluding ortho intramolecular Hbond substituents is 1. The Morgan fingerprint density at radius 1 is 1.07 bits per heavy atom. The van der Waals surface area contributed by atoms with Crippen molar-refractivity contribution in [1.29, 1.82) is 0 Å². The summed E-state index contributed by atoms with van der Waals surface area (Å²) in [6.07, 6.45) is 1.43. The normalized spacial score (nSPS) is 11.9. The van der Waals surface area contributed by atoms with Crippen LogP contribution in [0.4, 0.5) is 5.69 Å². The quantitative estimate of drug-likeness (QED) is 0.170. The molecule has 2 aromatic heterocycles. The summed E-state index contributed by atoms with van der Waals surface area (Å²) in [4.78, 5) is 44.8. The molecule has 2 amide bonds. The average Bonchev–Trinajstić information content (AvgIpc) is 3.41. The number of methoxy groups -OCH3 is 1. The van der Waals surface area contributed by atoms with Gasteiger partial charge in [0.1, 0.15) is 17.2 Å². The van der Waals surface area contributed by atoms with Crippen LogP contribution in [0.25, 0.3) is 21.6 Å². The Bertz CT molecular complexity index is 1680. The molecule has 0 saturated heterocycles. The maximum Gasteiger partial charge on any atom is 0.357 e. The van der Waals surface area contributed by atoms with Gasteiger partial charge in [-0.15, -0.1) is 11.3 Å². The van der Waals surface area contributed by atoms with Crippen LogP contribution in [0, 0.1) is 0 Å². The summed E-state index contributed by atoms with van der Waals surface area (Å²) in [6, 6.07) is 13.3. The Morgan fingerprint density at radius 2 is 1.90 bits per heavy atom. The van der Waals surface area contributed by atoms with Crippen LogP contribution in [-0.2, 0) is 17.7 Å². The Balaban J connectivity index is 1.68. The number of hydrogen-bond acceptors (Lipinski definition) is 9. The van der Waals surface area contributed by atoms with Crippen molar-refractivity contribution in [3.8, 4) is 33.1 Å². The van der Waals surface area contributed by atoms with Gasteiger partial charge in [-0.1, -0.05) is 13.0 Å². The van der Waals surface area contributed by atoms with Gasteiger partial charge in [0.2, 0.25) is 0 Å². The first kappa shape index (κ1) is 28.8. The molecule has 0 fully saturated rings. The molecule has 0 saturated carbocycles. The van der Waals surface area contributed by atoms with E-state index in [9.17, 15) is 19.5 Å². The summed E-state index contributed by atoms with van der Waals surface area (Å²) in [7, 11) is 1.22. The molecule has 0 aliphatic carbocycles. The number of nitrogens with zero attached hydrogens (tertiary/aromatic N) is 1. The summed E-state index contributed by atoms with van der Waals surface area (Å²) < 4.78 is 11.1. The van der Waals surface area contributed by atoms with Crippen LogP contribution in [0.2, 0.25) is 0 Å². The number of nitrogens with one attached hydrogen (secondary N) is 2. The fourth-order valence-electron chi connectivity index (χ4n) is 4.71. The molecule has 216 valence electrons. The molecular weight excluding hydrogens is 556 g/mol. The summed E-state index contributed by atoms with van der Waals surface area (Å²) in [5, 5.41) is 18.0. The fraction of sp³-hybridized carbons (Fsp3) is 0.226. The lowest BCUT2D eigenvalue weighted by atomic mass is 9.93. The minimum Gasteiger partial charge on any atom is -0.506 e. The third kappa shape index (κ3) is 5.69. The van der Waals surface area contributed by atoms with Gasteiger partial charge in [-0.2, -0.15) is 0 Å². The summed E-state index contributed by atoms with van der Waals surface area (Å²) in [5.74, 6) is -1.33. The van der Waals surface area contributed by atoms with Crippen molar-refractivity contribution >= 4 is 34.8 Å².